The molecule has 12 bridgehead atoms. The van der Waals surface area contributed by atoms with E-state index in [2.05, 4.69) is 0 Å². The zero-order chi connectivity index (χ0) is 39.1. The molecule has 0 aliphatic carbocycles. The number of rotatable bonds is 0. The van der Waals surface area contributed by atoms with E-state index in [4.69, 9.17) is 0 Å². The number of aromatic nitrogens is 4. The molecule has 8 aromatic carbocycles. The summed E-state index contributed by atoms with van der Waals surface area (Å²) in [4.78, 5) is 0. The number of nitrogens with zero attached hydrogens (tertiary/aromatic N) is 4. The summed E-state index contributed by atoms with van der Waals surface area (Å²) >= 11 is 0. The second-order valence-corrected chi connectivity index (χ2v) is 15.4. The minimum atomic E-state index is 0.113. The minimum Gasteiger partial charge on any atom is -0.507 e. The number of phenols is 4. The van der Waals surface area contributed by atoms with E-state index in [9.17, 15) is 20.4 Å². The van der Waals surface area contributed by atoms with E-state index in [0.29, 0.717) is 70.7 Å². The number of aromatic hydroxyl groups is 4. The first-order chi connectivity index (χ1) is 28.4. The van der Waals surface area contributed by atoms with Crippen molar-refractivity contribution < 1.29 is 29.6 Å². The summed E-state index contributed by atoms with van der Waals surface area (Å²) in [6.07, 6.45) is 11.8. The van der Waals surface area contributed by atoms with Gasteiger partial charge in [0.2, 0.25) is 12.7 Å². The SMILES string of the molecule is Oc1c2cc3ccccc3c1-c1c(O)c(cc3ccccc13)C[n+]1ccn(c1)Cc1cc3ccccc3c(c1O)-c1c(O)c(cc3ccccc13)C[n+]1ccn(c1)C2. The maximum atomic E-state index is 12.3. The first-order valence-electron chi connectivity index (χ1n) is 19.4. The molecule has 58 heavy (non-hydrogen) atoms. The van der Waals surface area contributed by atoms with Crippen LogP contribution in [-0.4, -0.2) is 29.6 Å². The highest BCUT2D eigenvalue weighted by atomic mass is 16.3. The molecule has 8 nitrogen and oxygen atoms in total. The predicted octanol–water partition coefficient (Wildman–Crippen LogP) is 9.14. The molecule has 0 unspecified atom stereocenters. The Morgan fingerprint density at radius 2 is 0.672 bits per heavy atom. The van der Waals surface area contributed by atoms with Gasteiger partial charge in [-0.1, -0.05) is 97.1 Å². The quantitative estimate of drug-likeness (QED) is 0.116. The predicted molar refractivity (Wildman–Crippen MR) is 226 cm³/mol. The van der Waals surface area contributed by atoms with Crippen molar-refractivity contribution in [2.24, 2.45) is 0 Å². The van der Waals surface area contributed by atoms with Crippen LogP contribution >= 0.6 is 0 Å². The van der Waals surface area contributed by atoms with Gasteiger partial charge in [0.25, 0.3) is 0 Å². The fraction of sp³-hybridized carbons (Fsp3) is 0.0800. The fourth-order valence-corrected chi connectivity index (χ4v) is 9.11. The zero-order valence-electron chi connectivity index (χ0n) is 31.4. The third kappa shape index (κ3) is 5.37. The summed E-state index contributed by atoms with van der Waals surface area (Å²) < 4.78 is 8.04. The van der Waals surface area contributed by atoms with Crippen molar-refractivity contribution in [2.45, 2.75) is 26.2 Å². The van der Waals surface area contributed by atoms with Crippen molar-refractivity contribution >= 4 is 43.1 Å². The van der Waals surface area contributed by atoms with Crippen LogP contribution in [0.1, 0.15) is 22.3 Å². The van der Waals surface area contributed by atoms with Crippen LogP contribution in [0.3, 0.4) is 0 Å². The molecule has 0 saturated heterocycles. The zero-order valence-corrected chi connectivity index (χ0v) is 31.4. The van der Waals surface area contributed by atoms with Crippen molar-refractivity contribution in [2.75, 3.05) is 0 Å². The van der Waals surface area contributed by atoms with E-state index < -0.39 is 0 Å². The van der Waals surface area contributed by atoms with E-state index in [1.165, 1.54) is 0 Å². The van der Waals surface area contributed by atoms with Crippen LogP contribution in [0, 0.1) is 0 Å². The Morgan fingerprint density at radius 1 is 0.379 bits per heavy atom. The third-order valence-electron chi connectivity index (χ3n) is 11.8. The lowest BCUT2D eigenvalue weighted by Crippen LogP contribution is -2.31. The number of hydrogen-bond acceptors (Lipinski definition) is 4. The lowest BCUT2D eigenvalue weighted by molar-refractivity contribution is -0.688. The number of phenolic OH excluding ortho intramolecular Hbond substituents is 4. The maximum Gasteiger partial charge on any atom is 0.244 e. The Hall–Kier alpha value is -7.58. The van der Waals surface area contributed by atoms with Gasteiger partial charge in [-0.2, -0.15) is 0 Å². The first-order valence-corrected chi connectivity index (χ1v) is 19.4. The van der Waals surface area contributed by atoms with Gasteiger partial charge in [0.1, 0.15) is 74.0 Å². The first kappa shape index (κ1) is 33.7. The Morgan fingerprint density at radius 3 is 1.02 bits per heavy atom. The minimum absolute atomic E-state index is 0.113. The molecule has 8 heteroatoms. The van der Waals surface area contributed by atoms with Gasteiger partial charge < -0.3 is 20.4 Å². The maximum absolute atomic E-state index is 12.3. The molecule has 11 rings (SSSR count). The highest BCUT2D eigenvalue weighted by molar-refractivity contribution is 6.12. The number of hydrogen-bond donors (Lipinski definition) is 4. The number of imidazole rings is 2. The third-order valence-corrected chi connectivity index (χ3v) is 11.8. The van der Waals surface area contributed by atoms with Gasteiger partial charge in [-0.15, -0.1) is 0 Å². The van der Waals surface area contributed by atoms with E-state index in [-0.39, 0.29) is 23.0 Å². The van der Waals surface area contributed by atoms with Crippen molar-refractivity contribution in [3.63, 3.8) is 0 Å². The van der Waals surface area contributed by atoms with Crippen LogP contribution in [0.2, 0.25) is 0 Å². The number of fused-ring (bicyclic) bond motifs is 22. The molecule has 3 heterocycles. The summed E-state index contributed by atoms with van der Waals surface area (Å²) in [5, 5.41) is 56.4. The smallest absolute Gasteiger partial charge is 0.244 e. The highest BCUT2D eigenvalue weighted by Gasteiger charge is 2.26. The molecule has 0 amide bonds. The van der Waals surface area contributed by atoms with Gasteiger partial charge in [0.05, 0.1) is 0 Å². The summed E-state index contributed by atoms with van der Waals surface area (Å²) in [5.74, 6) is 0.454. The molecule has 0 saturated carbocycles. The molecule has 0 spiro atoms. The molecule has 0 radical (unpaired) electrons. The molecule has 1 aliphatic heterocycles. The van der Waals surface area contributed by atoms with Crippen LogP contribution < -0.4 is 9.13 Å². The van der Waals surface area contributed by atoms with Crippen LogP contribution in [0.15, 0.2) is 159 Å². The monoisotopic (exact) mass is 758 g/mol. The second-order valence-electron chi connectivity index (χ2n) is 15.4. The highest BCUT2D eigenvalue weighted by Crippen LogP contribution is 2.49. The lowest BCUT2D eigenvalue weighted by atomic mass is 9.88. The molecular weight excluding hydrogens is 721 g/mol. The van der Waals surface area contributed by atoms with Gasteiger partial charge in [-0.3, -0.25) is 0 Å². The van der Waals surface area contributed by atoms with Gasteiger partial charge >= 0.3 is 0 Å². The standard InChI is InChI=1S/C50H36N4O4/c55-47-35-21-31-9-1-5-13-39(31)43(47)44-40-14-6-2-10-32(40)22-36(48(44)56)26-53-19-20-54(30-53)28-38-24-34-12-4-8-16-42(34)46(50(38)58)45-41-15-7-3-11-33(41)23-37(49(45)57)27-52-18-17-51(25-35)29-52/h1-24,29-30H,25-28H2,(H2-2,55,56,57,58)/p+2. The Kier molecular flexibility index (Phi) is 7.56. The van der Waals surface area contributed by atoms with E-state index >= 15 is 0 Å². The molecular formula is C50H38N4O4+2. The molecule has 1 aliphatic rings. The van der Waals surface area contributed by atoms with Gasteiger partial charge in [0.15, 0.2) is 0 Å². The van der Waals surface area contributed by atoms with Gasteiger partial charge in [-0.25, -0.2) is 18.3 Å². The Bertz CT molecular complexity index is 2870. The van der Waals surface area contributed by atoms with Crippen LogP contribution in [0.5, 0.6) is 23.0 Å². The Balaban J connectivity index is 1.18. The average molecular weight is 759 g/mol. The van der Waals surface area contributed by atoms with Gasteiger partial charge in [0, 0.05) is 44.5 Å². The molecule has 10 aromatic rings. The van der Waals surface area contributed by atoms with E-state index in [1.807, 2.05) is 177 Å². The molecule has 0 fully saturated rings. The van der Waals surface area contributed by atoms with Crippen LogP contribution in [0.4, 0.5) is 0 Å². The van der Waals surface area contributed by atoms with Gasteiger partial charge in [-0.05, 0) is 67.4 Å². The summed E-state index contributed by atoms with van der Waals surface area (Å²) in [7, 11) is 0. The molecule has 280 valence electrons. The van der Waals surface area contributed by atoms with E-state index in [1.54, 1.807) is 0 Å². The van der Waals surface area contributed by atoms with E-state index in [0.717, 1.165) is 43.1 Å². The van der Waals surface area contributed by atoms with Crippen LogP contribution in [-0.2, 0) is 26.2 Å². The summed E-state index contributed by atoms with van der Waals surface area (Å²) in [5.41, 5.74) is 5.17. The Labute approximate surface area is 333 Å². The molecule has 2 aromatic heterocycles. The summed E-state index contributed by atoms with van der Waals surface area (Å²) in [6, 6.07) is 40.0. The average Bonchev–Trinajstić information content (AvgIpc) is 3.88. The van der Waals surface area contributed by atoms with Crippen molar-refractivity contribution in [1.29, 1.82) is 0 Å². The second kappa shape index (κ2) is 13.0. The van der Waals surface area contributed by atoms with Crippen molar-refractivity contribution in [1.82, 2.24) is 9.13 Å². The molecule has 4 N–H and O–H groups in total. The van der Waals surface area contributed by atoms with Crippen LogP contribution in [0.25, 0.3) is 65.3 Å². The topological polar surface area (TPSA) is 98.5 Å². The van der Waals surface area contributed by atoms with Crippen molar-refractivity contribution in [3.05, 3.63) is 181 Å². The molecule has 0 atom stereocenters. The largest absolute Gasteiger partial charge is 0.507 e. The number of benzene rings is 8. The van der Waals surface area contributed by atoms with Crippen molar-refractivity contribution in [3.8, 4) is 45.3 Å². The lowest BCUT2D eigenvalue weighted by Gasteiger charge is -2.19. The summed E-state index contributed by atoms with van der Waals surface area (Å²) in [6.45, 7) is 1.44. The normalized spacial score (nSPS) is 12.8. The fourth-order valence-electron chi connectivity index (χ4n) is 9.11.